The van der Waals surface area contributed by atoms with Crippen molar-refractivity contribution in [2.24, 2.45) is 0 Å². The number of nitrogens with one attached hydrogen (secondary N) is 2. The smallest absolute Gasteiger partial charge is 0.273 e. The van der Waals surface area contributed by atoms with Gasteiger partial charge in [-0.2, -0.15) is 39.3 Å². The van der Waals surface area contributed by atoms with Crippen LogP contribution in [-0.2, 0) is 0 Å². The van der Waals surface area contributed by atoms with Gasteiger partial charge in [-0.3, -0.25) is 0 Å². The molecule has 5 aromatic heterocycles. The van der Waals surface area contributed by atoms with Crippen molar-refractivity contribution in [2.75, 3.05) is 0 Å². The summed E-state index contributed by atoms with van der Waals surface area (Å²) >= 11 is 0. The van der Waals surface area contributed by atoms with E-state index in [0.717, 1.165) is 22.5 Å². The molecule has 48 heavy (non-hydrogen) atoms. The second kappa shape index (κ2) is 11.3. The molecule has 0 aliphatic rings. The zero-order valence-corrected chi connectivity index (χ0v) is 24.9. The molecule has 2 N–H and O–H groups in total. The van der Waals surface area contributed by atoms with Crippen LogP contribution in [0.1, 0.15) is 0 Å². The van der Waals surface area contributed by atoms with Crippen LogP contribution in [0.25, 0.3) is 79.8 Å². The van der Waals surface area contributed by atoms with Gasteiger partial charge < -0.3 is 9.97 Å². The predicted molar refractivity (Wildman–Crippen MR) is 179 cm³/mol. The van der Waals surface area contributed by atoms with Gasteiger partial charge in [-0.25, -0.2) is 9.97 Å². The van der Waals surface area contributed by atoms with Crippen LogP contribution in [0.15, 0.2) is 121 Å². The molecule has 0 fully saturated rings. The van der Waals surface area contributed by atoms with Gasteiger partial charge in [-0.15, -0.1) is 10.2 Å². The van der Waals surface area contributed by atoms with Crippen LogP contribution < -0.4 is 0 Å². The molecule has 8 bridgehead atoms. The quantitative estimate of drug-likeness (QED) is 0.254. The van der Waals surface area contributed by atoms with Crippen LogP contribution in [0.5, 0.6) is 0 Å². The van der Waals surface area contributed by atoms with Gasteiger partial charge in [0.05, 0.1) is 11.4 Å². The first-order valence-electron chi connectivity index (χ1n) is 15.0. The van der Waals surface area contributed by atoms with Gasteiger partial charge in [0, 0.05) is 11.1 Å². The first-order chi connectivity index (χ1) is 23.7. The van der Waals surface area contributed by atoms with Gasteiger partial charge >= 0.3 is 0 Å². The van der Waals surface area contributed by atoms with Crippen molar-refractivity contribution in [3.05, 3.63) is 121 Å². The number of fused-ring (bicyclic) bond motifs is 8. The molecule has 14 heteroatoms. The first kappa shape index (κ1) is 27.1. The van der Waals surface area contributed by atoms with E-state index in [1.807, 2.05) is 121 Å². The average molecular weight is 627 g/mol. The highest BCUT2D eigenvalue weighted by Crippen LogP contribution is 2.23. The second-order valence-electron chi connectivity index (χ2n) is 10.6. The Labute approximate surface area is 270 Å². The Balaban J connectivity index is 1.42. The van der Waals surface area contributed by atoms with Crippen molar-refractivity contribution in [3.8, 4) is 33.9 Å². The number of benzene rings is 4. The Hall–Kier alpha value is -7.22. The number of hydrogen-bond donors (Lipinski definition) is 2. The van der Waals surface area contributed by atoms with Crippen molar-refractivity contribution >= 4 is 46.0 Å². The number of hydrogen-bond acceptors (Lipinski definition) is 10. The molecule has 9 rings (SSSR count). The summed E-state index contributed by atoms with van der Waals surface area (Å²) in [4.78, 5) is 44.7. The van der Waals surface area contributed by atoms with E-state index in [-0.39, 0.29) is 34.7 Å². The average Bonchev–Trinajstić information content (AvgIpc) is 3.92. The highest BCUT2D eigenvalue weighted by Gasteiger charge is 2.15. The number of H-pyrrole nitrogens is 2. The molecular formula is C34H22N14. The lowest BCUT2D eigenvalue weighted by Gasteiger charge is -1.99. The summed E-state index contributed by atoms with van der Waals surface area (Å²) in [6, 6.07) is 38.6. The molecule has 0 unspecified atom stereocenters. The molecule has 0 aliphatic heterocycles. The zero-order chi connectivity index (χ0) is 31.9. The summed E-state index contributed by atoms with van der Waals surface area (Å²) in [6.45, 7) is 0. The molecule has 0 amide bonds. The summed E-state index contributed by atoms with van der Waals surface area (Å²) in [5.74, 6) is 1.33. The third-order valence-electron chi connectivity index (χ3n) is 7.43. The van der Waals surface area contributed by atoms with E-state index in [1.54, 1.807) is 9.36 Å². The number of aromatic amines is 2. The third kappa shape index (κ3) is 5.04. The van der Waals surface area contributed by atoms with Gasteiger partial charge in [-0.05, 0) is 24.3 Å². The first-order valence-corrected chi connectivity index (χ1v) is 15.0. The van der Waals surface area contributed by atoms with Crippen molar-refractivity contribution < 1.29 is 0 Å². The Morgan fingerprint density at radius 3 is 1.15 bits per heavy atom. The minimum absolute atomic E-state index is 0.144. The summed E-state index contributed by atoms with van der Waals surface area (Å²) in [6.07, 6.45) is 0. The molecule has 9 aromatic rings. The highest BCUT2D eigenvalue weighted by molar-refractivity contribution is 5.78. The summed E-state index contributed by atoms with van der Waals surface area (Å²) < 4.78 is 3.23. The van der Waals surface area contributed by atoms with E-state index in [4.69, 9.17) is 40.1 Å². The van der Waals surface area contributed by atoms with Crippen LogP contribution in [-0.4, -0.2) is 69.4 Å². The molecule has 0 saturated heterocycles. The van der Waals surface area contributed by atoms with E-state index in [9.17, 15) is 0 Å². The maximum Gasteiger partial charge on any atom is 0.273 e. The Morgan fingerprint density at radius 2 is 0.750 bits per heavy atom. The molecule has 0 atom stereocenters. The fraction of sp³-hybridized carbons (Fsp3) is 0. The van der Waals surface area contributed by atoms with E-state index in [1.165, 1.54) is 0 Å². The third-order valence-corrected chi connectivity index (χ3v) is 7.43. The molecule has 0 spiro atoms. The Morgan fingerprint density at radius 1 is 0.375 bits per heavy atom. The van der Waals surface area contributed by atoms with E-state index in [2.05, 4.69) is 19.9 Å². The Kier molecular flexibility index (Phi) is 6.38. The van der Waals surface area contributed by atoms with Gasteiger partial charge in [-0.1, -0.05) is 97.1 Å². The summed E-state index contributed by atoms with van der Waals surface area (Å²) in [5.41, 5.74) is 5.12. The second-order valence-corrected chi connectivity index (χ2v) is 10.6. The molecule has 0 radical (unpaired) electrons. The molecule has 14 nitrogen and oxygen atoms in total. The van der Waals surface area contributed by atoms with Crippen LogP contribution >= 0.6 is 0 Å². The summed E-state index contributed by atoms with van der Waals surface area (Å²) in [7, 11) is 0. The van der Waals surface area contributed by atoms with Crippen LogP contribution in [0, 0.1) is 0 Å². The topological polar surface area (TPSA) is 170 Å². The van der Waals surface area contributed by atoms with Gasteiger partial charge in [0.15, 0.2) is 11.3 Å². The largest absolute Gasteiger partial charge is 0.307 e. The number of nitrogens with zero attached hydrogens (tertiary/aromatic N) is 12. The predicted octanol–water partition coefficient (Wildman–Crippen LogP) is 5.51. The Bertz CT molecular complexity index is 2300. The number of rotatable bonds is 4. The van der Waals surface area contributed by atoms with Crippen molar-refractivity contribution in [3.63, 3.8) is 0 Å². The van der Waals surface area contributed by atoms with E-state index < -0.39 is 0 Å². The zero-order valence-electron chi connectivity index (χ0n) is 24.9. The number of para-hydroxylation sites is 2. The maximum absolute atomic E-state index is 4.91. The molecule has 0 saturated carbocycles. The number of aromatic nitrogens is 14. The molecule has 228 valence electrons. The van der Waals surface area contributed by atoms with Gasteiger partial charge in [0.1, 0.15) is 11.4 Å². The molecular weight excluding hydrogens is 604 g/mol. The van der Waals surface area contributed by atoms with Gasteiger partial charge in [0.25, 0.3) is 23.1 Å². The van der Waals surface area contributed by atoms with E-state index in [0.29, 0.717) is 22.7 Å². The maximum atomic E-state index is 4.91. The lowest BCUT2D eigenvalue weighted by molar-refractivity contribution is 0.905. The number of imidazole rings is 2. The van der Waals surface area contributed by atoms with Crippen LogP contribution in [0.3, 0.4) is 0 Å². The summed E-state index contributed by atoms with van der Waals surface area (Å²) in [5, 5.41) is 9.41. The fourth-order valence-electron chi connectivity index (χ4n) is 5.27. The molecule has 4 aromatic carbocycles. The standard InChI is InChI=1S/C34H22N14/c1-5-13-21(14-6-1)25-27-37-29(35-25)41-31-44-34(48(45-31)24-19-11-4-12-20-24)40-28-26(22-15-7-2-8-16-22)36-30(38-28)42-32-43-33(39-27)47(46-32)23-17-9-3-10-18-23/h1-20H,(H2,37,38,39,40,41,42,43,44,45,46). The van der Waals surface area contributed by atoms with Crippen molar-refractivity contribution in [1.29, 1.82) is 0 Å². The molecule has 0 aliphatic carbocycles. The van der Waals surface area contributed by atoms with Crippen LogP contribution in [0.2, 0.25) is 0 Å². The minimum Gasteiger partial charge on any atom is -0.307 e. The minimum atomic E-state index is 0.144. The highest BCUT2D eigenvalue weighted by atomic mass is 15.4. The monoisotopic (exact) mass is 626 g/mol. The SMILES string of the molecule is c1ccc(-c2nc3nc4nc(nc5[nH]c(nc5-c5ccccc5)nc5nc(nc2[nH]3)n(-c2ccccc2)n5)n(-c2ccccc2)n4)cc1. The lowest BCUT2D eigenvalue weighted by Crippen LogP contribution is -1.97. The van der Waals surface area contributed by atoms with Crippen molar-refractivity contribution in [1.82, 2.24) is 69.4 Å². The van der Waals surface area contributed by atoms with E-state index >= 15 is 0 Å². The van der Waals surface area contributed by atoms with Crippen LogP contribution in [0.4, 0.5) is 0 Å². The normalized spacial score (nSPS) is 11.3. The van der Waals surface area contributed by atoms with Crippen molar-refractivity contribution in [2.45, 2.75) is 0 Å². The fourth-order valence-corrected chi connectivity index (χ4v) is 5.27. The lowest BCUT2D eigenvalue weighted by atomic mass is 10.2. The van der Waals surface area contributed by atoms with Gasteiger partial charge in [0.2, 0.25) is 11.6 Å². The molecule has 5 heterocycles.